The van der Waals surface area contributed by atoms with Crippen LogP contribution in [0.1, 0.15) is 194 Å². The molecule has 0 amide bonds. The molecule has 4 aliphatic carbocycles. The average Bonchev–Trinajstić information content (AvgIpc) is 3.51. The van der Waals surface area contributed by atoms with Gasteiger partial charge in [-0.3, -0.25) is 14.4 Å². The predicted octanol–water partition coefficient (Wildman–Crippen LogP) is 9.60. The summed E-state index contributed by atoms with van der Waals surface area (Å²) in [6.07, 6.45) is 27.8. The van der Waals surface area contributed by atoms with Crippen LogP contribution in [0.15, 0.2) is 11.6 Å². The van der Waals surface area contributed by atoms with Crippen LogP contribution in [0.3, 0.4) is 0 Å². The van der Waals surface area contributed by atoms with Gasteiger partial charge in [0, 0.05) is 44.0 Å². The van der Waals surface area contributed by atoms with Gasteiger partial charge in [0.25, 0.3) is 0 Å². The second-order valence-electron chi connectivity index (χ2n) is 19.6. The van der Waals surface area contributed by atoms with E-state index in [0.717, 1.165) is 123 Å². The van der Waals surface area contributed by atoms with E-state index in [-0.39, 0.29) is 61.1 Å². The number of hydrogen-bond donors (Lipinski definition) is 2. The minimum Gasteiger partial charge on any atom is -0.458 e. The lowest BCUT2D eigenvalue weighted by atomic mass is 9.45. The first-order valence-electron chi connectivity index (χ1n) is 25.0. The summed E-state index contributed by atoms with van der Waals surface area (Å²) in [5, 5.41) is 21.4. The predicted molar refractivity (Wildman–Crippen MR) is 235 cm³/mol. The van der Waals surface area contributed by atoms with Crippen molar-refractivity contribution in [3.8, 4) is 0 Å². The number of carbonyl (C=O) groups excluding carboxylic acids is 3. The highest BCUT2D eigenvalue weighted by atomic mass is 16.7. The van der Waals surface area contributed by atoms with E-state index in [1.807, 2.05) is 6.08 Å². The molecule has 2 N–H and O–H groups in total. The molecular weight excluding hydrogens is 759 g/mol. The Balaban J connectivity index is 0.968. The minimum absolute atomic E-state index is 0.0132. The van der Waals surface area contributed by atoms with Gasteiger partial charge in [0.2, 0.25) is 5.78 Å². The number of fused-ring (bicyclic) bond motifs is 2. The van der Waals surface area contributed by atoms with Gasteiger partial charge in [-0.25, -0.2) is 0 Å². The standard InChI is InChI=1S/C50H85NO9/c1-4-6-8-10-20-34-57-46(58-35-21-11-9-7-5-2)23-15-13-17-31-51(32-18-19-33-52)30-16-12-14-22-45(55)59-38-44(54)50(56)29-27-42-41-25-24-39-36-40(53)26-28-49(39)47(41)43(60-49)37-48(42,50)3/h36,41-43,46-47,52,56H,4-35,37-38H2,1-3H3. The molecule has 5 aliphatic rings. The number of Topliss-reactive ketones (excluding diaryl/α,β-unsaturated/α-hetero) is 1. The van der Waals surface area contributed by atoms with E-state index in [2.05, 4.69) is 25.7 Å². The molecule has 3 saturated carbocycles. The average molecular weight is 844 g/mol. The zero-order valence-electron chi connectivity index (χ0n) is 38.2. The monoisotopic (exact) mass is 844 g/mol. The van der Waals surface area contributed by atoms with E-state index in [1.54, 1.807) is 0 Å². The second-order valence-corrected chi connectivity index (χ2v) is 19.6. The maximum atomic E-state index is 13.7. The molecule has 1 aliphatic heterocycles. The van der Waals surface area contributed by atoms with Gasteiger partial charge < -0.3 is 34.1 Å². The fraction of sp³-hybridized carbons (Fsp3) is 0.900. The van der Waals surface area contributed by atoms with E-state index in [4.69, 9.17) is 18.9 Å². The van der Waals surface area contributed by atoms with Crippen molar-refractivity contribution in [3.05, 3.63) is 11.6 Å². The Hall–Kier alpha value is -1.69. The summed E-state index contributed by atoms with van der Waals surface area (Å²) < 4.78 is 24.6. The zero-order valence-corrected chi connectivity index (χ0v) is 38.2. The number of aliphatic hydroxyl groups excluding tert-OH is 1. The Morgan fingerprint density at radius 2 is 1.45 bits per heavy atom. The van der Waals surface area contributed by atoms with Crippen LogP contribution < -0.4 is 0 Å². The number of unbranched alkanes of at least 4 members (excludes halogenated alkanes) is 13. The Labute approximate surface area is 363 Å². The topological polar surface area (TPSA) is 132 Å². The number of ether oxygens (including phenoxy) is 4. The van der Waals surface area contributed by atoms with Crippen molar-refractivity contribution in [1.82, 2.24) is 4.90 Å². The number of hydrogen-bond acceptors (Lipinski definition) is 10. The van der Waals surface area contributed by atoms with Gasteiger partial charge >= 0.3 is 5.97 Å². The van der Waals surface area contributed by atoms with E-state index in [9.17, 15) is 24.6 Å². The van der Waals surface area contributed by atoms with Gasteiger partial charge in [0.1, 0.15) is 5.60 Å². The maximum absolute atomic E-state index is 13.7. The van der Waals surface area contributed by atoms with Crippen molar-refractivity contribution in [3.63, 3.8) is 0 Å². The molecule has 0 radical (unpaired) electrons. The number of ketones is 2. The van der Waals surface area contributed by atoms with Gasteiger partial charge in [-0.2, -0.15) is 0 Å². The van der Waals surface area contributed by atoms with Crippen molar-refractivity contribution in [1.29, 1.82) is 0 Å². The molecule has 7 atom stereocenters. The van der Waals surface area contributed by atoms with E-state index in [1.165, 1.54) is 56.9 Å². The summed E-state index contributed by atoms with van der Waals surface area (Å²) in [6, 6.07) is 0. The summed E-state index contributed by atoms with van der Waals surface area (Å²) in [7, 11) is 0. The highest BCUT2D eigenvalue weighted by Crippen LogP contribution is 2.71. The largest absolute Gasteiger partial charge is 0.458 e. The number of aliphatic hydroxyl groups is 2. The minimum atomic E-state index is -1.53. The summed E-state index contributed by atoms with van der Waals surface area (Å²) >= 11 is 0. The SMILES string of the molecule is CCCCCCCOC(CCCCCN(CCCCO)CCCCCC(=O)OCC(=O)C1(O)CCC2C3CCC4=CC(=O)CCC45OC(CC21C)C35)OCCCCCCC. The highest BCUT2D eigenvalue weighted by molar-refractivity contribution is 5.92. The second kappa shape index (κ2) is 25.0. The Morgan fingerprint density at radius 1 is 0.817 bits per heavy atom. The smallest absolute Gasteiger partial charge is 0.306 e. The van der Waals surface area contributed by atoms with Crippen LogP contribution in [0.2, 0.25) is 0 Å². The fourth-order valence-electron chi connectivity index (χ4n) is 12.0. The quantitative estimate of drug-likeness (QED) is 0.0374. The number of esters is 1. The maximum Gasteiger partial charge on any atom is 0.306 e. The van der Waals surface area contributed by atoms with Gasteiger partial charge in [0.05, 0.1) is 11.7 Å². The third-order valence-corrected chi connectivity index (χ3v) is 15.4. The molecule has 10 heteroatoms. The van der Waals surface area contributed by atoms with E-state index >= 15 is 0 Å². The van der Waals surface area contributed by atoms with Gasteiger partial charge in [-0.05, 0) is 139 Å². The van der Waals surface area contributed by atoms with Gasteiger partial charge in [-0.15, -0.1) is 0 Å². The third kappa shape index (κ3) is 12.7. The summed E-state index contributed by atoms with van der Waals surface area (Å²) in [5.41, 5.74) is -1.29. The number of rotatable bonds is 33. The lowest BCUT2D eigenvalue weighted by Crippen LogP contribution is -2.72. The van der Waals surface area contributed by atoms with E-state index in [0.29, 0.717) is 37.5 Å². The van der Waals surface area contributed by atoms with Gasteiger partial charge in [-0.1, -0.05) is 85.0 Å². The Morgan fingerprint density at radius 3 is 2.12 bits per heavy atom. The molecule has 1 saturated heterocycles. The first-order valence-corrected chi connectivity index (χ1v) is 25.0. The molecular formula is C50H85NO9. The van der Waals surface area contributed by atoms with Crippen molar-refractivity contribution in [2.45, 2.75) is 218 Å². The lowest BCUT2D eigenvalue weighted by Gasteiger charge is -2.69. The van der Waals surface area contributed by atoms with Crippen LogP contribution >= 0.6 is 0 Å². The zero-order chi connectivity index (χ0) is 42.9. The Kier molecular flexibility index (Phi) is 20.5. The first-order chi connectivity index (χ1) is 29.1. The van der Waals surface area contributed by atoms with Crippen LogP contribution in [-0.2, 0) is 33.3 Å². The first kappa shape index (κ1) is 49.3. The highest BCUT2D eigenvalue weighted by Gasteiger charge is 2.73. The van der Waals surface area contributed by atoms with Crippen molar-refractivity contribution < 1.29 is 43.5 Å². The summed E-state index contributed by atoms with van der Waals surface area (Å²) in [6.45, 7) is 10.9. The van der Waals surface area contributed by atoms with Crippen LogP contribution in [0.25, 0.3) is 0 Å². The molecule has 60 heavy (non-hydrogen) atoms. The summed E-state index contributed by atoms with van der Waals surface area (Å²) in [4.78, 5) is 41.2. The van der Waals surface area contributed by atoms with Crippen LogP contribution in [-0.4, -0.2) is 102 Å². The molecule has 0 bridgehead atoms. The molecule has 0 aromatic carbocycles. The molecule has 1 spiro atoms. The molecule has 5 rings (SSSR count). The van der Waals surface area contributed by atoms with Crippen LogP contribution in [0, 0.1) is 23.2 Å². The van der Waals surface area contributed by atoms with Crippen molar-refractivity contribution in [2.24, 2.45) is 23.2 Å². The van der Waals surface area contributed by atoms with Crippen LogP contribution in [0.4, 0.5) is 0 Å². The molecule has 0 aromatic rings. The molecule has 10 nitrogen and oxygen atoms in total. The summed E-state index contributed by atoms with van der Waals surface area (Å²) in [5.74, 6) is 0.385. The van der Waals surface area contributed by atoms with Crippen molar-refractivity contribution >= 4 is 17.5 Å². The van der Waals surface area contributed by atoms with Gasteiger partial charge in [0.15, 0.2) is 18.7 Å². The van der Waals surface area contributed by atoms with E-state index < -0.39 is 11.0 Å². The molecule has 4 fully saturated rings. The normalized spacial score (nSPS) is 29.2. The lowest BCUT2D eigenvalue weighted by molar-refractivity contribution is -0.317. The van der Waals surface area contributed by atoms with Crippen LogP contribution in [0.5, 0.6) is 0 Å². The molecule has 0 aromatic heterocycles. The fourth-order valence-corrected chi connectivity index (χ4v) is 12.0. The molecule has 1 heterocycles. The Bertz CT molecular complexity index is 1340. The molecule has 344 valence electrons. The number of carbonyl (C=O) groups is 3. The van der Waals surface area contributed by atoms with Crippen molar-refractivity contribution in [2.75, 3.05) is 46.1 Å². The molecule has 7 unspecified atom stereocenters. The number of nitrogens with zero attached hydrogens (tertiary/aromatic N) is 1. The third-order valence-electron chi connectivity index (χ3n) is 15.4.